The molecule has 2 heterocycles. The first-order valence-electron chi connectivity index (χ1n) is 12.6. The van der Waals surface area contributed by atoms with Gasteiger partial charge in [0, 0.05) is 6.07 Å². The van der Waals surface area contributed by atoms with Crippen LogP contribution in [0.1, 0.15) is 52.9 Å². The first-order valence-corrected chi connectivity index (χ1v) is 12.6. The number of hydrogen-bond acceptors (Lipinski definition) is 10. The molecule has 0 aliphatic carbocycles. The van der Waals surface area contributed by atoms with Gasteiger partial charge in [0.25, 0.3) is 0 Å². The molecule has 39 heavy (non-hydrogen) atoms. The summed E-state index contributed by atoms with van der Waals surface area (Å²) in [5, 5.41) is 6.23. The van der Waals surface area contributed by atoms with Crippen molar-refractivity contribution < 1.29 is 42.6 Å². The highest BCUT2D eigenvalue weighted by atomic mass is 16.7. The van der Waals surface area contributed by atoms with Crippen LogP contribution in [0.4, 0.5) is 20.2 Å². The molecule has 1 saturated heterocycles. The smallest absolute Gasteiger partial charge is 0.497 e. The van der Waals surface area contributed by atoms with E-state index in [1.54, 1.807) is 67.7 Å². The molecule has 3 rings (SSSR count). The Kier molecular flexibility index (Phi) is 8.98. The van der Waals surface area contributed by atoms with Crippen molar-refractivity contribution in [3.8, 4) is 5.75 Å². The van der Waals surface area contributed by atoms with Crippen LogP contribution in [0.2, 0.25) is 0 Å². The highest BCUT2D eigenvalue weighted by Crippen LogP contribution is 2.30. The number of carbonyl (C=O) groups is 3. The first kappa shape index (κ1) is 29.6. The molecule has 12 heteroatoms. The van der Waals surface area contributed by atoms with E-state index >= 15 is 0 Å². The maximum absolute atomic E-state index is 13.3. The molecular weight excluding hydrogens is 510 g/mol. The second-order valence-electron chi connectivity index (χ2n) is 11.2. The van der Waals surface area contributed by atoms with Crippen LogP contribution in [0.15, 0.2) is 34.9 Å². The van der Waals surface area contributed by atoms with Gasteiger partial charge in [0.2, 0.25) is 0 Å². The van der Waals surface area contributed by atoms with E-state index in [0.29, 0.717) is 11.5 Å². The number of ether oxygens (including phenoxy) is 5. The molecule has 12 nitrogen and oxygen atoms in total. The standard InChI is InChI=1S/C27H37N3O9/c1-16-13-21(29-39-16)28-23(31)36-22-19(14-17-9-11-18(34-8)12-10-17)30(24(32)37-26(2,3)4)15-20(22)35-25(33)38-27(5,6)7/h9-13,19-20,22H,14-15H2,1-8H3,(H,28,29,31)/t19-,20+,22+/m1/s1. The molecule has 1 aromatic heterocycles. The van der Waals surface area contributed by atoms with E-state index in [4.69, 9.17) is 28.2 Å². The summed E-state index contributed by atoms with van der Waals surface area (Å²) >= 11 is 0. The van der Waals surface area contributed by atoms with Crippen molar-refractivity contribution in [3.05, 3.63) is 41.7 Å². The molecule has 1 N–H and O–H groups in total. The Bertz CT molecular complexity index is 1150. The maximum Gasteiger partial charge on any atom is 0.509 e. The Hall–Kier alpha value is -3.96. The van der Waals surface area contributed by atoms with Gasteiger partial charge in [-0.25, -0.2) is 14.4 Å². The molecule has 3 atom stereocenters. The predicted octanol–water partition coefficient (Wildman–Crippen LogP) is 5.09. The second kappa shape index (κ2) is 11.8. The van der Waals surface area contributed by atoms with Crippen LogP contribution >= 0.6 is 0 Å². The Balaban J connectivity index is 1.93. The summed E-state index contributed by atoms with van der Waals surface area (Å²) < 4.78 is 32.5. The summed E-state index contributed by atoms with van der Waals surface area (Å²) in [6.07, 6.45) is -4.31. The average molecular weight is 548 g/mol. The number of aromatic nitrogens is 1. The van der Waals surface area contributed by atoms with Crippen LogP contribution < -0.4 is 10.1 Å². The lowest BCUT2D eigenvalue weighted by molar-refractivity contribution is -0.0503. The summed E-state index contributed by atoms with van der Waals surface area (Å²) in [6, 6.07) is 8.02. The molecule has 0 bridgehead atoms. The lowest BCUT2D eigenvalue weighted by Gasteiger charge is -2.30. The first-order chi connectivity index (χ1) is 18.1. The predicted molar refractivity (Wildman–Crippen MR) is 140 cm³/mol. The third-order valence-corrected chi connectivity index (χ3v) is 5.49. The van der Waals surface area contributed by atoms with E-state index in [0.717, 1.165) is 5.56 Å². The number of anilines is 1. The van der Waals surface area contributed by atoms with E-state index < -0.39 is 47.8 Å². The average Bonchev–Trinajstić information content (AvgIpc) is 3.35. The number of carbonyl (C=O) groups excluding carboxylic acids is 3. The van der Waals surface area contributed by atoms with Crippen molar-refractivity contribution in [1.29, 1.82) is 0 Å². The van der Waals surface area contributed by atoms with Crippen molar-refractivity contribution in [2.24, 2.45) is 0 Å². The summed E-state index contributed by atoms with van der Waals surface area (Å²) in [7, 11) is 1.56. The molecule has 1 aliphatic heterocycles. The van der Waals surface area contributed by atoms with Crippen LogP contribution in [0.5, 0.6) is 5.75 Å². The van der Waals surface area contributed by atoms with Gasteiger partial charge >= 0.3 is 18.3 Å². The number of nitrogens with one attached hydrogen (secondary N) is 1. The largest absolute Gasteiger partial charge is 0.509 e. The molecule has 0 radical (unpaired) electrons. The number of methoxy groups -OCH3 is 1. The Labute approximate surface area is 227 Å². The zero-order chi connectivity index (χ0) is 29.0. The SMILES string of the molecule is COc1ccc(C[C@@H]2[C@H](OC(=O)Nc3cc(C)on3)[C@@H](OC(=O)OC(C)(C)C)CN2C(=O)OC(C)(C)C)cc1. The van der Waals surface area contributed by atoms with Gasteiger partial charge in [-0.05, 0) is 72.6 Å². The normalized spacial score (nSPS) is 19.3. The number of likely N-dealkylation sites (tertiary alicyclic amines) is 1. The van der Waals surface area contributed by atoms with Crippen molar-refractivity contribution >= 4 is 24.2 Å². The van der Waals surface area contributed by atoms with E-state index in [-0.39, 0.29) is 18.8 Å². The number of rotatable bonds is 6. The number of amides is 2. The highest BCUT2D eigenvalue weighted by molar-refractivity contribution is 5.83. The number of hydrogen-bond donors (Lipinski definition) is 1. The van der Waals surface area contributed by atoms with E-state index in [1.807, 2.05) is 12.1 Å². The van der Waals surface area contributed by atoms with E-state index in [9.17, 15) is 14.4 Å². The topological polar surface area (TPSA) is 139 Å². The molecule has 1 aliphatic rings. The van der Waals surface area contributed by atoms with Crippen LogP contribution in [0.3, 0.4) is 0 Å². The van der Waals surface area contributed by atoms with Gasteiger partial charge in [0.05, 0.1) is 19.7 Å². The molecule has 214 valence electrons. The lowest BCUT2D eigenvalue weighted by Crippen LogP contribution is -2.45. The minimum absolute atomic E-state index is 0.0873. The summed E-state index contributed by atoms with van der Waals surface area (Å²) in [4.78, 5) is 40.2. The third kappa shape index (κ3) is 8.79. The van der Waals surface area contributed by atoms with E-state index in [2.05, 4.69) is 10.5 Å². The van der Waals surface area contributed by atoms with Gasteiger partial charge < -0.3 is 28.2 Å². The summed E-state index contributed by atoms with van der Waals surface area (Å²) in [5.41, 5.74) is -0.778. The highest BCUT2D eigenvalue weighted by Gasteiger charge is 2.50. The molecule has 0 saturated carbocycles. The van der Waals surface area contributed by atoms with Crippen LogP contribution in [0.25, 0.3) is 0 Å². The van der Waals surface area contributed by atoms with Crippen molar-refractivity contribution in [2.75, 3.05) is 19.0 Å². The third-order valence-electron chi connectivity index (χ3n) is 5.49. The van der Waals surface area contributed by atoms with Crippen LogP contribution in [-0.2, 0) is 25.4 Å². The number of nitrogens with zero attached hydrogens (tertiary/aromatic N) is 2. The molecule has 1 fully saturated rings. The lowest BCUT2D eigenvalue weighted by atomic mass is 10.0. The van der Waals surface area contributed by atoms with Crippen LogP contribution in [0, 0.1) is 6.92 Å². The van der Waals surface area contributed by atoms with Crippen LogP contribution in [-0.4, -0.2) is 71.5 Å². The zero-order valence-corrected chi connectivity index (χ0v) is 23.6. The number of benzene rings is 1. The Morgan fingerprint density at radius 2 is 1.67 bits per heavy atom. The fourth-order valence-corrected chi connectivity index (χ4v) is 3.96. The molecular formula is C27H37N3O9. The van der Waals surface area contributed by atoms with Crippen molar-refractivity contribution in [1.82, 2.24) is 10.1 Å². The monoisotopic (exact) mass is 547 g/mol. The minimum atomic E-state index is -1.07. The fraction of sp³-hybridized carbons (Fsp3) is 0.556. The maximum atomic E-state index is 13.3. The quantitative estimate of drug-likeness (QED) is 0.384. The van der Waals surface area contributed by atoms with E-state index in [1.165, 1.54) is 11.0 Å². The minimum Gasteiger partial charge on any atom is -0.497 e. The Morgan fingerprint density at radius 3 is 2.21 bits per heavy atom. The van der Waals surface area contributed by atoms with Crippen molar-refractivity contribution in [2.45, 2.75) is 84.3 Å². The van der Waals surface area contributed by atoms with Gasteiger partial charge in [0.1, 0.15) is 22.7 Å². The van der Waals surface area contributed by atoms with Gasteiger partial charge in [-0.15, -0.1) is 0 Å². The van der Waals surface area contributed by atoms with Gasteiger partial charge in [-0.3, -0.25) is 10.2 Å². The second-order valence-corrected chi connectivity index (χ2v) is 11.2. The molecule has 1 aromatic carbocycles. The summed E-state index contributed by atoms with van der Waals surface area (Å²) in [5.74, 6) is 1.30. The number of aryl methyl sites for hydroxylation is 1. The fourth-order valence-electron chi connectivity index (χ4n) is 3.96. The van der Waals surface area contributed by atoms with Gasteiger partial charge in [0.15, 0.2) is 18.0 Å². The van der Waals surface area contributed by atoms with Crippen molar-refractivity contribution in [3.63, 3.8) is 0 Å². The Morgan fingerprint density at radius 1 is 1.03 bits per heavy atom. The molecule has 0 unspecified atom stereocenters. The summed E-state index contributed by atoms with van der Waals surface area (Å²) in [6.45, 7) is 11.9. The molecule has 2 amide bonds. The zero-order valence-electron chi connectivity index (χ0n) is 23.6. The van der Waals surface area contributed by atoms with Gasteiger partial charge in [-0.2, -0.15) is 0 Å². The molecule has 0 spiro atoms. The van der Waals surface area contributed by atoms with Gasteiger partial charge in [-0.1, -0.05) is 17.3 Å². The molecule has 2 aromatic rings.